The van der Waals surface area contributed by atoms with Crippen LogP contribution in [0.5, 0.6) is 0 Å². The van der Waals surface area contributed by atoms with Crippen molar-refractivity contribution in [2.75, 3.05) is 13.1 Å². The number of likely N-dealkylation sites (tertiary alicyclic amines) is 1. The van der Waals surface area contributed by atoms with Crippen molar-refractivity contribution in [3.05, 3.63) is 35.6 Å². The van der Waals surface area contributed by atoms with E-state index >= 15 is 0 Å². The van der Waals surface area contributed by atoms with Gasteiger partial charge in [-0.3, -0.25) is 4.90 Å². The van der Waals surface area contributed by atoms with Crippen LogP contribution in [0.25, 0.3) is 0 Å². The molecule has 1 aromatic carbocycles. The number of hydrogen-bond donors (Lipinski definition) is 1. The van der Waals surface area contributed by atoms with E-state index in [2.05, 4.69) is 4.90 Å². The Hall–Kier alpha value is -0.350. The highest BCUT2D eigenvalue weighted by Crippen LogP contribution is 2.35. The molecule has 1 heterocycles. The van der Waals surface area contributed by atoms with Gasteiger partial charge in [-0.15, -0.1) is 24.8 Å². The summed E-state index contributed by atoms with van der Waals surface area (Å²) in [5, 5.41) is 0. The number of nitrogens with two attached hydrogens (primary N) is 1. The summed E-state index contributed by atoms with van der Waals surface area (Å²) in [5.41, 5.74) is 7.29. The largest absolute Gasteiger partial charge is 0.326 e. The molecular formula is C16H25Cl2FN2. The topological polar surface area (TPSA) is 29.3 Å². The maximum Gasteiger partial charge on any atom is 0.123 e. The predicted molar refractivity (Wildman–Crippen MR) is 90.1 cm³/mol. The summed E-state index contributed by atoms with van der Waals surface area (Å²) < 4.78 is 12.9. The molecule has 120 valence electrons. The average Bonchev–Trinajstić information content (AvgIpc) is 2.87. The fraction of sp³-hybridized carbons (Fsp3) is 0.625. The first-order valence-corrected chi connectivity index (χ1v) is 7.47. The molecule has 0 radical (unpaired) electrons. The van der Waals surface area contributed by atoms with Gasteiger partial charge in [-0.1, -0.05) is 12.1 Å². The van der Waals surface area contributed by atoms with Gasteiger partial charge in [0.25, 0.3) is 0 Å². The summed E-state index contributed by atoms with van der Waals surface area (Å²) in [7, 11) is 0. The Morgan fingerprint density at radius 2 is 1.57 bits per heavy atom. The van der Waals surface area contributed by atoms with Crippen LogP contribution in [0.3, 0.4) is 0 Å². The molecule has 1 aliphatic carbocycles. The van der Waals surface area contributed by atoms with Crippen LogP contribution in [0.15, 0.2) is 24.3 Å². The molecule has 0 bridgehead atoms. The fourth-order valence-corrected chi connectivity index (χ4v) is 3.66. The number of rotatable bonds is 2. The molecule has 2 aliphatic rings. The van der Waals surface area contributed by atoms with Crippen molar-refractivity contribution < 1.29 is 4.39 Å². The maximum atomic E-state index is 12.9. The van der Waals surface area contributed by atoms with E-state index < -0.39 is 0 Å². The lowest BCUT2D eigenvalue weighted by molar-refractivity contribution is 0.180. The smallest absolute Gasteiger partial charge is 0.123 e. The Morgan fingerprint density at radius 1 is 0.952 bits per heavy atom. The van der Waals surface area contributed by atoms with Gasteiger partial charge in [-0.25, -0.2) is 4.39 Å². The van der Waals surface area contributed by atoms with Crippen molar-refractivity contribution in [3.63, 3.8) is 0 Å². The predicted octanol–water partition coefficient (Wildman–Crippen LogP) is 3.73. The van der Waals surface area contributed by atoms with E-state index in [0.717, 1.165) is 19.0 Å². The summed E-state index contributed by atoms with van der Waals surface area (Å²) >= 11 is 0. The van der Waals surface area contributed by atoms with E-state index in [1.54, 1.807) is 12.1 Å². The first-order valence-electron chi connectivity index (χ1n) is 7.47. The first kappa shape index (κ1) is 18.7. The second kappa shape index (κ2) is 8.33. The number of halogens is 3. The zero-order valence-corrected chi connectivity index (χ0v) is 13.8. The second-order valence-corrected chi connectivity index (χ2v) is 6.10. The summed E-state index contributed by atoms with van der Waals surface area (Å²) in [6, 6.07) is 8.18. The highest BCUT2D eigenvalue weighted by molar-refractivity contribution is 5.85. The lowest BCUT2D eigenvalue weighted by Gasteiger charge is -2.34. The van der Waals surface area contributed by atoms with Crippen molar-refractivity contribution in [2.45, 2.75) is 50.1 Å². The quantitative estimate of drug-likeness (QED) is 0.892. The molecule has 0 unspecified atom stereocenters. The molecular weight excluding hydrogens is 310 g/mol. The van der Waals surface area contributed by atoms with Crippen molar-refractivity contribution in [2.24, 2.45) is 5.73 Å². The van der Waals surface area contributed by atoms with Crippen LogP contribution in [0.4, 0.5) is 4.39 Å². The number of hydrogen-bond acceptors (Lipinski definition) is 2. The molecule has 0 aromatic heterocycles. The van der Waals surface area contributed by atoms with Crippen LogP contribution in [-0.4, -0.2) is 30.1 Å². The van der Waals surface area contributed by atoms with Gasteiger partial charge in [0.1, 0.15) is 5.82 Å². The molecule has 1 saturated heterocycles. The van der Waals surface area contributed by atoms with Gasteiger partial charge in [-0.05, 0) is 55.7 Å². The molecule has 2 nitrogen and oxygen atoms in total. The molecule has 21 heavy (non-hydrogen) atoms. The van der Waals surface area contributed by atoms with Crippen molar-refractivity contribution in [3.8, 4) is 0 Å². The van der Waals surface area contributed by atoms with Gasteiger partial charge < -0.3 is 5.73 Å². The summed E-state index contributed by atoms with van der Waals surface area (Å²) in [6.07, 6.45) is 6.12. The fourth-order valence-electron chi connectivity index (χ4n) is 3.66. The lowest BCUT2D eigenvalue weighted by atomic mass is 9.81. The third kappa shape index (κ3) is 4.56. The maximum absolute atomic E-state index is 12.9. The molecule has 1 atom stereocenters. The molecule has 2 fully saturated rings. The van der Waals surface area contributed by atoms with Gasteiger partial charge in [-0.2, -0.15) is 0 Å². The van der Waals surface area contributed by atoms with Gasteiger partial charge in [0.2, 0.25) is 0 Å². The van der Waals surface area contributed by atoms with E-state index in [-0.39, 0.29) is 30.6 Å². The minimum absolute atomic E-state index is 0. The van der Waals surface area contributed by atoms with Crippen LogP contribution in [0.1, 0.15) is 43.6 Å². The minimum Gasteiger partial charge on any atom is -0.326 e. The van der Waals surface area contributed by atoms with Crippen LogP contribution < -0.4 is 5.73 Å². The number of nitrogens with zero attached hydrogens (tertiary/aromatic N) is 1. The van der Waals surface area contributed by atoms with Gasteiger partial charge in [0.15, 0.2) is 0 Å². The van der Waals surface area contributed by atoms with Crippen molar-refractivity contribution >= 4 is 24.8 Å². The second-order valence-electron chi connectivity index (χ2n) is 6.10. The highest BCUT2D eigenvalue weighted by Gasteiger charge is 2.30. The van der Waals surface area contributed by atoms with Crippen LogP contribution in [0, 0.1) is 5.82 Å². The Morgan fingerprint density at radius 3 is 2.10 bits per heavy atom. The van der Waals surface area contributed by atoms with E-state index in [4.69, 9.17) is 5.73 Å². The lowest BCUT2D eigenvalue weighted by Crippen LogP contribution is -2.37. The summed E-state index contributed by atoms with van der Waals surface area (Å²) in [6.45, 7) is 2.25. The van der Waals surface area contributed by atoms with Gasteiger partial charge in [0.05, 0.1) is 0 Å². The Balaban J connectivity index is 0.00000110. The Labute approximate surface area is 139 Å². The molecule has 1 aliphatic heterocycles. The molecule has 3 rings (SSSR count). The van der Waals surface area contributed by atoms with E-state index in [9.17, 15) is 4.39 Å². The zero-order valence-electron chi connectivity index (χ0n) is 12.2. The third-order valence-electron chi connectivity index (χ3n) is 4.81. The third-order valence-corrected chi connectivity index (χ3v) is 4.81. The summed E-state index contributed by atoms with van der Waals surface area (Å²) in [4.78, 5) is 2.57. The monoisotopic (exact) mass is 334 g/mol. The van der Waals surface area contributed by atoms with Crippen LogP contribution in [-0.2, 0) is 0 Å². The highest BCUT2D eigenvalue weighted by atomic mass is 35.5. The molecule has 0 spiro atoms. The molecule has 1 saturated carbocycles. The van der Waals surface area contributed by atoms with Crippen molar-refractivity contribution in [1.82, 2.24) is 4.90 Å². The minimum atomic E-state index is -0.136. The Bertz CT molecular complexity index is 419. The van der Waals surface area contributed by atoms with Gasteiger partial charge >= 0.3 is 0 Å². The molecule has 5 heteroatoms. The van der Waals surface area contributed by atoms with Crippen molar-refractivity contribution in [1.29, 1.82) is 0 Å². The summed E-state index contributed by atoms with van der Waals surface area (Å²) in [5.74, 6) is 0.483. The van der Waals surface area contributed by atoms with Crippen LogP contribution >= 0.6 is 24.8 Å². The standard InChI is InChI=1S/C16H23FN2.2ClH/c17-14-5-1-12(2-6-14)13-3-7-16(8-4-13)19-10-9-15(18)11-19;;/h1-2,5-6,13,15-16H,3-4,7-11,18H2;2*1H/t13?,15-,16?;;/m1../s1. The normalized spacial score (nSPS) is 29.5. The van der Waals surface area contributed by atoms with Gasteiger partial charge in [0, 0.05) is 25.2 Å². The average molecular weight is 335 g/mol. The first-order chi connectivity index (χ1) is 9.22. The Kier molecular flexibility index (Phi) is 7.41. The zero-order chi connectivity index (χ0) is 13.2. The SMILES string of the molecule is Cl.Cl.N[C@@H]1CCN(C2CCC(c3ccc(F)cc3)CC2)C1. The molecule has 0 amide bonds. The molecule has 1 aromatic rings. The molecule has 2 N–H and O–H groups in total. The van der Waals surface area contributed by atoms with E-state index in [1.807, 2.05) is 12.1 Å². The van der Waals surface area contributed by atoms with E-state index in [1.165, 1.54) is 37.8 Å². The number of benzene rings is 1. The van der Waals surface area contributed by atoms with Crippen LogP contribution in [0.2, 0.25) is 0 Å². The van der Waals surface area contributed by atoms with E-state index in [0.29, 0.717) is 12.0 Å².